The van der Waals surface area contributed by atoms with E-state index in [0.717, 1.165) is 63.7 Å². The number of ether oxygens (including phenoxy) is 1. The Morgan fingerprint density at radius 2 is 1.84 bits per heavy atom. The van der Waals surface area contributed by atoms with E-state index < -0.39 is 0 Å². The van der Waals surface area contributed by atoms with Gasteiger partial charge in [0, 0.05) is 25.6 Å². The van der Waals surface area contributed by atoms with Crippen LogP contribution in [0.15, 0.2) is 60.0 Å². The number of aliphatic hydroxyl groups is 1. The molecule has 0 amide bonds. The number of benzene rings is 1. The quantitative estimate of drug-likeness (QED) is 0.266. The third-order valence-corrected chi connectivity index (χ3v) is 11.5. The van der Waals surface area contributed by atoms with Crippen molar-refractivity contribution < 1.29 is 9.84 Å². The molecule has 0 aromatic heterocycles. The number of rotatable bonds is 8. The molecule has 4 aliphatic rings. The first-order valence-corrected chi connectivity index (χ1v) is 17.6. The van der Waals surface area contributed by atoms with Gasteiger partial charge in [-0.15, -0.1) is 6.58 Å². The van der Waals surface area contributed by atoms with E-state index in [1.165, 1.54) is 62.5 Å². The predicted octanol–water partition coefficient (Wildman–Crippen LogP) is 8.79. The van der Waals surface area contributed by atoms with Crippen LogP contribution >= 0.6 is 0 Å². The summed E-state index contributed by atoms with van der Waals surface area (Å²) in [5.41, 5.74) is 6.64. The molecule has 1 saturated heterocycles. The molecule has 3 aliphatic carbocycles. The molecule has 1 aliphatic heterocycles. The molecule has 6 unspecified atom stereocenters. The lowest BCUT2D eigenvalue weighted by Crippen LogP contribution is -2.45. The van der Waals surface area contributed by atoms with Crippen molar-refractivity contribution in [3.05, 3.63) is 71.1 Å². The highest BCUT2D eigenvalue weighted by atomic mass is 16.5. The van der Waals surface area contributed by atoms with E-state index in [2.05, 4.69) is 75.2 Å². The number of nitrogens with one attached hydrogen (secondary N) is 2. The summed E-state index contributed by atoms with van der Waals surface area (Å²) in [7, 11) is 0. The molecule has 2 saturated carbocycles. The smallest absolute Gasteiger partial charge is 0.0950 e. The SMILES string of the molecule is C=CCNC(=CCC)NCc1ccc(C2CC3(C)C(O)CCC3C3CCC4CCCCC(C)(C)COCCCC4=C23)cc1. The Kier molecular flexibility index (Phi) is 10.8. The van der Waals surface area contributed by atoms with E-state index in [1.54, 1.807) is 11.1 Å². The first kappa shape index (κ1) is 32.4. The van der Waals surface area contributed by atoms with Crippen molar-refractivity contribution in [1.82, 2.24) is 10.6 Å². The van der Waals surface area contributed by atoms with Gasteiger partial charge in [0.2, 0.25) is 0 Å². The fourth-order valence-electron chi connectivity index (χ4n) is 9.23. The first-order valence-electron chi connectivity index (χ1n) is 17.6. The molecule has 1 aromatic carbocycles. The Balaban J connectivity index is 1.43. The molecular formula is C39H60N2O2. The lowest BCUT2D eigenvalue weighted by atomic mass is 9.52. The van der Waals surface area contributed by atoms with E-state index in [4.69, 9.17) is 4.74 Å². The van der Waals surface area contributed by atoms with Gasteiger partial charge in [-0.2, -0.15) is 0 Å². The molecule has 43 heavy (non-hydrogen) atoms. The predicted molar refractivity (Wildman–Crippen MR) is 180 cm³/mol. The minimum absolute atomic E-state index is 0.0171. The summed E-state index contributed by atoms with van der Waals surface area (Å²) in [6, 6.07) is 9.47. The second-order valence-corrected chi connectivity index (χ2v) is 15.2. The highest BCUT2D eigenvalue weighted by Gasteiger charge is 2.56. The Morgan fingerprint density at radius 3 is 2.60 bits per heavy atom. The monoisotopic (exact) mass is 588 g/mol. The average molecular weight is 589 g/mol. The highest BCUT2D eigenvalue weighted by molar-refractivity contribution is 5.41. The van der Waals surface area contributed by atoms with E-state index in [0.29, 0.717) is 17.8 Å². The Hall–Kier alpha value is -2.04. The maximum absolute atomic E-state index is 11.3. The van der Waals surface area contributed by atoms with Crippen molar-refractivity contribution in [2.45, 2.75) is 123 Å². The summed E-state index contributed by atoms with van der Waals surface area (Å²) in [6.45, 7) is 16.5. The zero-order valence-corrected chi connectivity index (χ0v) is 27.7. The van der Waals surface area contributed by atoms with Crippen LogP contribution in [0.25, 0.3) is 0 Å². The van der Waals surface area contributed by atoms with Crippen LogP contribution in [0.1, 0.15) is 122 Å². The largest absolute Gasteiger partial charge is 0.393 e. The molecular weight excluding hydrogens is 528 g/mol. The molecule has 1 heterocycles. The van der Waals surface area contributed by atoms with Gasteiger partial charge >= 0.3 is 0 Å². The van der Waals surface area contributed by atoms with Crippen LogP contribution in [0.3, 0.4) is 0 Å². The molecule has 3 N–H and O–H groups in total. The van der Waals surface area contributed by atoms with Gasteiger partial charge < -0.3 is 20.5 Å². The Labute approximate surface area is 262 Å². The molecule has 3 fully saturated rings. The fourth-order valence-corrected chi connectivity index (χ4v) is 9.23. The maximum atomic E-state index is 11.3. The summed E-state index contributed by atoms with van der Waals surface area (Å²) < 4.78 is 6.26. The van der Waals surface area contributed by atoms with Gasteiger partial charge in [-0.1, -0.05) is 82.0 Å². The zero-order valence-electron chi connectivity index (χ0n) is 27.7. The van der Waals surface area contributed by atoms with Crippen LogP contribution in [0.5, 0.6) is 0 Å². The Bertz CT molecular complexity index is 1130. The Morgan fingerprint density at radius 1 is 1.02 bits per heavy atom. The molecule has 4 heteroatoms. The van der Waals surface area contributed by atoms with Crippen molar-refractivity contribution in [2.24, 2.45) is 28.6 Å². The summed E-state index contributed by atoms with van der Waals surface area (Å²) in [5, 5.41) is 18.3. The normalized spacial score (nSPS) is 33.3. The molecule has 0 radical (unpaired) electrons. The van der Waals surface area contributed by atoms with E-state index in [1.807, 2.05) is 6.08 Å². The second-order valence-electron chi connectivity index (χ2n) is 15.2. The lowest BCUT2D eigenvalue weighted by Gasteiger charge is -2.52. The highest BCUT2D eigenvalue weighted by Crippen LogP contribution is 2.63. The molecule has 0 bridgehead atoms. The summed E-state index contributed by atoms with van der Waals surface area (Å²) in [4.78, 5) is 0. The molecule has 1 aromatic rings. The van der Waals surface area contributed by atoms with E-state index >= 15 is 0 Å². The third-order valence-electron chi connectivity index (χ3n) is 11.5. The van der Waals surface area contributed by atoms with Crippen LogP contribution in [0.2, 0.25) is 0 Å². The van der Waals surface area contributed by atoms with Crippen molar-refractivity contribution >= 4 is 0 Å². The van der Waals surface area contributed by atoms with Gasteiger partial charge in [-0.3, -0.25) is 0 Å². The van der Waals surface area contributed by atoms with Gasteiger partial charge in [0.15, 0.2) is 0 Å². The summed E-state index contributed by atoms with van der Waals surface area (Å²) >= 11 is 0. The zero-order chi connectivity index (χ0) is 30.5. The topological polar surface area (TPSA) is 53.5 Å². The summed E-state index contributed by atoms with van der Waals surface area (Å²) in [6.07, 6.45) is 18.4. The van der Waals surface area contributed by atoms with Crippen molar-refractivity contribution in [3.8, 4) is 0 Å². The minimum Gasteiger partial charge on any atom is -0.393 e. The van der Waals surface area contributed by atoms with Crippen LogP contribution in [0, 0.1) is 28.6 Å². The number of fused-ring (bicyclic) bond motifs is 4. The van der Waals surface area contributed by atoms with Crippen LogP contribution in [-0.2, 0) is 11.3 Å². The van der Waals surface area contributed by atoms with Gasteiger partial charge in [-0.05, 0) is 110 Å². The fraction of sp³-hybridized carbons (Fsp3) is 0.692. The summed E-state index contributed by atoms with van der Waals surface area (Å²) in [5.74, 6) is 3.46. The van der Waals surface area contributed by atoms with Crippen LogP contribution in [-0.4, -0.2) is 31.0 Å². The molecule has 4 nitrogen and oxygen atoms in total. The maximum Gasteiger partial charge on any atom is 0.0950 e. The minimum atomic E-state index is -0.173. The van der Waals surface area contributed by atoms with Gasteiger partial charge in [0.05, 0.1) is 18.5 Å². The van der Waals surface area contributed by atoms with E-state index in [9.17, 15) is 5.11 Å². The molecule has 5 rings (SSSR count). The van der Waals surface area contributed by atoms with Gasteiger partial charge in [-0.25, -0.2) is 0 Å². The molecule has 0 spiro atoms. The third kappa shape index (κ3) is 7.44. The first-order chi connectivity index (χ1) is 20.8. The van der Waals surface area contributed by atoms with Gasteiger partial charge in [0.1, 0.15) is 0 Å². The second kappa shape index (κ2) is 14.4. The number of allylic oxidation sites excluding steroid dienone is 3. The number of hydrogen-bond acceptors (Lipinski definition) is 4. The van der Waals surface area contributed by atoms with Crippen molar-refractivity contribution in [1.29, 1.82) is 0 Å². The van der Waals surface area contributed by atoms with Gasteiger partial charge in [0.25, 0.3) is 0 Å². The number of hydrogen-bond donors (Lipinski definition) is 3. The lowest BCUT2D eigenvalue weighted by molar-refractivity contribution is -0.00582. The van der Waals surface area contributed by atoms with Crippen LogP contribution < -0.4 is 10.6 Å². The average Bonchev–Trinajstić information content (AvgIpc) is 3.29. The van der Waals surface area contributed by atoms with Crippen molar-refractivity contribution in [3.63, 3.8) is 0 Å². The van der Waals surface area contributed by atoms with E-state index in [-0.39, 0.29) is 16.9 Å². The standard InChI is InChI=1S/C39H60N2O2/c1-6-11-36(40-23-7-2)41-26-28-14-16-30(17-15-28)33-25-39(5)34(20-21-35(39)42)32-19-18-29-12-8-9-22-38(3,4)27-43-24-10-13-31(29)37(32)33/h7,11,14-17,29,32-35,40-42H,2,6,8-10,12-13,18-27H2,1,3-5H3. The molecule has 238 valence electrons. The number of aliphatic hydroxyl groups excluding tert-OH is 1. The molecule has 6 atom stereocenters. The van der Waals surface area contributed by atoms with Crippen LogP contribution in [0.4, 0.5) is 0 Å². The van der Waals surface area contributed by atoms with Crippen molar-refractivity contribution in [2.75, 3.05) is 19.8 Å².